The number of hydrogen-bond donors (Lipinski definition) is 2. The van der Waals surface area contributed by atoms with Crippen LogP contribution in [0.4, 0.5) is 0 Å². The molecule has 92 valence electrons. The van der Waals surface area contributed by atoms with E-state index in [9.17, 15) is 0 Å². The lowest BCUT2D eigenvalue weighted by atomic mass is 10.1. The minimum atomic E-state index is 0.0832. The van der Waals surface area contributed by atoms with Gasteiger partial charge in [0, 0.05) is 15.8 Å². The number of nitrogens with two attached hydrogens (primary N) is 1. The van der Waals surface area contributed by atoms with Gasteiger partial charge < -0.3 is 4.74 Å². The summed E-state index contributed by atoms with van der Waals surface area (Å²) in [5.41, 5.74) is 2.86. The van der Waals surface area contributed by atoms with Crippen molar-refractivity contribution < 1.29 is 4.74 Å². The lowest BCUT2D eigenvalue weighted by molar-refractivity contribution is 0.403. The van der Waals surface area contributed by atoms with Crippen molar-refractivity contribution in [2.45, 2.75) is 12.5 Å². The molecule has 0 aliphatic rings. The van der Waals surface area contributed by atoms with Gasteiger partial charge in [0.1, 0.15) is 5.75 Å². The van der Waals surface area contributed by atoms with Gasteiger partial charge in [-0.1, -0.05) is 0 Å². The SMILES string of the molecule is COc1ccsc1C(Cc1sccc1Br)NN. The monoisotopic (exact) mass is 332 g/mol. The summed E-state index contributed by atoms with van der Waals surface area (Å²) in [5, 5.41) is 4.08. The number of rotatable bonds is 5. The Hall–Kier alpha value is -0.400. The molecule has 1 unspecified atom stereocenters. The predicted molar refractivity (Wildman–Crippen MR) is 76.7 cm³/mol. The van der Waals surface area contributed by atoms with Crippen molar-refractivity contribution in [2.75, 3.05) is 7.11 Å². The molecule has 0 saturated heterocycles. The van der Waals surface area contributed by atoms with Crippen molar-refractivity contribution in [1.82, 2.24) is 5.43 Å². The van der Waals surface area contributed by atoms with Crippen LogP contribution in [-0.4, -0.2) is 7.11 Å². The molecule has 0 saturated carbocycles. The minimum Gasteiger partial charge on any atom is -0.496 e. The molecule has 2 rings (SSSR count). The molecule has 2 aromatic rings. The van der Waals surface area contributed by atoms with E-state index in [-0.39, 0.29) is 6.04 Å². The molecule has 0 aromatic carbocycles. The van der Waals surface area contributed by atoms with E-state index < -0.39 is 0 Å². The number of methoxy groups -OCH3 is 1. The summed E-state index contributed by atoms with van der Waals surface area (Å²) >= 11 is 6.92. The molecule has 2 aromatic heterocycles. The normalized spacial score (nSPS) is 12.6. The largest absolute Gasteiger partial charge is 0.496 e. The van der Waals surface area contributed by atoms with Gasteiger partial charge in [-0.25, -0.2) is 0 Å². The smallest absolute Gasteiger partial charge is 0.134 e. The van der Waals surface area contributed by atoms with Crippen molar-refractivity contribution in [2.24, 2.45) is 5.84 Å². The third-order valence-corrected chi connectivity index (χ3v) is 5.44. The Morgan fingerprint density at radius 2 is 2.18 bits per heavy atom. The molecule has 0 spiro atoms. The Kier molecular flexibility index (Phi) is 4.58. The van der Waals surface area contributed by atoms with Gasteiger partial charge in [0.05, 0.1) is 18.0 Å². The molecule has 0 aliphatic carbocycles. The van der Waals surface area contributed by atoms with E-state index in [1.165, 1.54) is 4.88 Å². The van der Waals surface area contributed by atoms with E-state index in [1.807, 2.05) is 11.4 Å². The zero-order valence-electron chi connectivity index (χ0n) is 9.27. The number of nitrogens with one attached hydrogen (secondary N) is 1. The van der Waals surface area contributed by atoms with Crippen molar-refractivity contribution >= 4 is 38.6 Å². The Morgan fingerprint density at radius 1 is 1.41 bits per heavy atom. The van der Waals surface area contributed by atoms with Crippen LogP contribution in [0, 0.1) is 0 Å². The highest BCUT2D eigenvalue weighted by atomic mass is 79.9. The first-order valence-corrected chi connectivity index (χ1v) is 7.61. The first-order valence-electron chi connectivity index (χ1n) is 5.05. The van der Waals surface area contributed by atoms with Gasteiger partial charge in [-0.2, -0.15) is 0 Å². The molecule has 17 heavy (non-hydrogen) atoms. The van der Waals surface area contributed by atoms with Gasteiger partial charge in [0.15, 0.2) is 0 Å². The third kappa shape index (κ3) is 2.89. The van der Waals surface area contributed by atoms with Crippen LogP contribution in [0.1, 0.15) is 15.8 Å². The molecule has 0 fully saturated rings. The summed E-state index contributed by atoms with van der Waals surface area (Å²) in [7, 11) is 1.68. The van der Waals surface area contributed by atoms with Crippen molar-refractivity contribution in [1.29, 1.82) is 0 Å². The highest BCUT2D eigenvalue weighted by Gasteiger charge is 2.18. The first kappa shape index (κ1) is 13.0. The van der Waals surface area contributed by atoms with Crippen LogP contribution in [0.25, 0.3) is 0 Å². The van der Waals surface area contributed by atoms with Gasteiger partial charge in [-0.3, -0.25) is 11.3 Å². The van der Waals surface area contributed by atoms with Crippen LogP contribution >= 0.6 is 38.6 Å². The van der Waals surface area contributed by atoms with E-state index in [1.54, 1.807) is 29.8 Å². The average molecular weight is 333 g/mol. The minimum absolute atomic E-state index is 0.0832. The quantitative estimate of drug-likeness (QED) is 0.652. The topological polar surface area (TPSA) is 47.3 Å². The number of thiophene rings is 2. The van der Waals surface area contributed by atoms with Gasteiger partial charge in [0.2, 0.25) is 0 Å². The Morgan fingerprint density at radius 3 is 2.76 bits per heavy atom. The second-order valence-electron chi connectivity index (χ2n) is 3.47. The number of halogens is 1. The maximum absolute atomic E-state index is 5.64. The van der Waals surface area contributed by atoms with E-state index in [0.717, 1.165) is 21.5 Å². The average Bonchev–Trinajstić information content (AvgIpc) is 2.95. The Bertz CT molecular complexity index is 483. The van der Waals surface area contributed by atoms with E-state index >= 15 is 0 Å². The van der Waals surface area contributed by atoms with Crippen LogP contribution in [-0.2, 0) is 6.42 Å². The third-order valence-electron chi connectivity index (χ3n) is 2.48. The molecule has 0 bridgehead atoms. The molecule has 0 radical (unpaired) electrons. The standard InChI is InChI=1S/C11H13BrN2OS2/c1-15-9-3-5-17-11(9)8(14-13)6-10-7(12)2-4-16-10/h2-5,8,14H,6,13H2,1H3. The molecule has 3 N–H and O–H groups in total. The predicted octanol–water partition coefficient (Wildman–Crippen LogP) is 3.33. The summed E-state index contributed by atoms with van der Waals surface area (Å²) in [4.78, 5) is 2.42. The zero-order chi connectivity index (χ0) is 12.3. The number of hydrazine groups is 1. The maximum Gasteiger partial charge on any atom is 0.134 e. The molecular formula is C11H13BrN2OS2. The Balaban J connectivity index is 2.20. The van der Waals surface area contributed by atoms with Gasteiger partial charge >= 0.3 is 0 Å². The number of hydrogen-bond acceptors (Lipinski definition) is 5. The molecule has 0 amide bonds. The highest BCUT2D eigenvalue weighted by molar-refractivity contribution is 9.10. The van der Waals surface area contributed by atoms with Crippen LogP contribution in [0.5, 0.6) is 5.75 Å². The summed E-state index contributed by atoms with van der Waals surface area (Å²) in [5.74, 6) is 6.54. The highest BCUT2D eigenvalue weighted by Crippen LogP contribution is 2.34. The van der Waals surface area contributed by atoms with Gasteiger partial charge in [-0.05, 0) is 38.8 Å². The van der Waals surface area contributed by atoms with Crippen LogP contribution in [0.15, 0.2) is 27.4 Å². The van der Waals surface area contributed by atoms with E-state index in [0.29, 0.717) is 0 Å². The molecule has 2 heterocycles. The summed E-state index contributed by atoms with van der Waals surface area (Å²) in [6.07, 6.45) is 0.853. The molecule has 0 aliphatic heterocycles. The number of ether oxygens (including phenoxy) is 1. The fourth-order valence-corrected chi connectivity index (χ4v) is 4.10. The van der Waals surface area contributed by atoms with E-state index in [4.69, 9.17) is 10.6 Å². The molecule has 6 heteroatoms. The van der Waals surface area contributed by atoms with Gasteiger partial charge in [0.25, 0.3) is 0 Å². The fourth-order valence-electron chi connectivity index (χ4n) is 1.62. The Labute approximate surface area is 117 Å². The summed E-state index contributed by atoms with van der Waals surface area (Å²) in [6, 6.07) is 4.10. The molecule has 3 nitrogen and oxygen atoms in total. The first-order chi connectivity index (χ1) is 8.26. The molecule has 1 atom stereocenters. The van der Waals surface area contributed by atoms with Crippen molar-refractivity contribution in [3.8, 4) is 5.75 Å². The molecular weight excluding hydrogens is 320 g/mol. The van der Waals surface area contributed by atoms with Crippen LogP contribution in [0.2, 0.25) is 0 Å². The second kappa shape index (κ2) is 5.97. The van der Waals surface area contributed by atoms with Crippen molar-refractivity contribution in [3.63, 3.8) is 0 Å². The summed E-state index contributed by atoms with van der Waals surface area (Å²) < 4.78 is 6.46. The second-order valence-corrected chi connectivity index (χ2v) is 6.27. The fraction of sp³-hybridized carbons (Fsp3) is 0.273. The van der Waals surface area contributed by atoms with Crippen LogP contribution in [0.3, 0.4) is 0 Å². The lowest BCUT2D eigenvalue weighted by Gasteiger charge is -2.15. The summed E-state index contributed by atoms with van der Waals surface area (Å²) in [6.45, 7) is 0. The zero-order valence-corrected chi connectivity index (χ0v) is 12.5. The lowest BCUT2D eigenvalue weighted by Crippen LogP contribution is -2.29. The van der Waals surface area contributed by atoms with E-state index in [2.05, 4.69) is 32.8 Å². The van der Waals surface area contributed by atoms with Gasteiger partial charge in [-0.15, -0.1) is 22.7 Å². The van der Waals surface area contributed by atoms with Crippen LogP contribution < -0.4 is 16.0 Å². The maximum atomic E-state index is 5.64. The van der Waals surface area contributed by atoms with Crippen molar-refractivity contribution in [3.05, 3.63) is 37.1 Å².